The Balaban J connectivity index is 2.19. The average molecular weight is 483 g/mol. The molecule has 4 heteroatoms. The average Bonchev–Trinajstić information content (AvgIpc) is 2.74. The number of halogens is 1. The van der Waals surface area contributed by atoms with Crippen molar-refractivity contribution in [2.24, 2.45) is 0 Å². The number of ether oxygens (including phenoxy) is 1. The van der Waals surface area contributed by atoms with Crippen molar-refractivity contribution < 1.29 is 9.53 Å². The molecule has 0 bridgehead atoms. The molecule has 0 aliphatic heterocycles. The summed E-state index contributed by atoms with van der Waals surface area (Å²) in [5, 5.41) is 0.607. The van der Waals surface area contributed by atoms with Crippen LogP contribution in [0.4, 0.5) is 0 Å². The predicted octanol–water partition coefficient (Wildman–Crippen LogP) is 5.72. The van der Waals surface area contributed by atoms with Crippen LogP contribution in [0.3, 0.4) is 0 Å². The van der Waals surface area contributed by atoms with Crippen LogP contribution in [-0.2, 0) is 9.53 Å². The monoisotopic (exact) mass is 482 g/mol. The molecule has 0 aliphatic carbocycles. The molecule has 0 atom stereocenters. The Kier molecular flexibility index (Phi) is 6.65. The molecule has 0 saturated carbocycles. The van der Waals surface area contributed by atoms with Gasteiger partial charge in [0, 0.05) is 0 Å². The summed E-state index contributed by atoms with van der Waals surface area (Å²) in [5.41, 5.74) is -0.514. The van der Waals surface area contributed by atoms with E-state index < -0.39 is 10.9 Å². The summed E-state index contributed by atoms with van der Waals surface area (Å²) < 4.78 is 5.48. The van der Waals surface area contributed by atoms with Crippen molar-refractivity contribution >= 4 is 42.7 Å². The molecule has 0 fully saturated rings. The van der Waals surface area contributed by atoms with E-state index in [9.17, 15) is 4.79 Å². The quantitative estimate of drug-likeness (QED) is 0.255. The van der Waals surface area contributed by atoms with Crippen LogP contribution in [0.5, 0.6) is 0 Å². The molecule has 0 aliphatic rings. The second-order valence-electron chi connectivity index (χ2n) is 8.31. The number of benzene rings is 3. The molecular weight excluding hydrogens is 455 g/mol. The second kappa shape index (κ2) is 8.88. The van der Waals surface area contributed by atoms with Crippen molar-refractivity contribution in [3.8, 4) is 0 Å². The molecule has 30 heavy (non-hydrogen) atoms. The van der Waals surface area contributed by atoms with Crippen LogP contribution in [0, 0.1) is 0 Å². The number of hydrogen-bond donors (Lipinski definition) is 0. The maximum atomic E-state index is 12.3. The fourth-order valence-electron chi connectivity index (χ4n) is 3.66. The van der Waals surface area contributed by atoms with Gasteiger partial charge >= 0.3 is 188 Å². The fourth-order valence-corrected chi connectivity index (χ4v) is 10.7. The van der Waals surface area contributed by atoms with Gasteiger partial charge in [0.05, 0.1) is 0 Å². The summed E-state index contributed by atoms with van der Waals surface area (Å²) in [7, 11) is 0. The minimum absolute atomic E-state index is 0.325. The van der Waals surface area contributed by atoms with Gasteiger partial charge in [0.15, 0.2) is 0 Å². The van der Waals surface area contributed by atoms with Gasteiger partial charge in [0.1, 0.15) is 0 Å². The van der Waals surface area contributed by atoms with Gasteiger partial charge in [-0.3, -0.25) is 0 Å². The molecule has 3 rings (SSSR count). The molecule has 0 N–H and O–H groups in total. The molecule has 0 spiro atoms. The van der Waals surface area contributed by atoms with Crippen LogP contribution in [0.25, 0.3) is 0 Å². The van der Waals surface area contributed by atoms with E-state index in [2.05, 4.69) is 88.3 Å². The molecular formula is C26H28BrO2P. The summed E-state index contributed by atoms with van der Waals surface area (Å²) in [4.78, 5) is 12.3. The minimum atomic E-state index is -3.05. The van der Waals surface area contributed by atoms with Crippen molar-refractivity contribution in [1.82, 2.24) is 0 Å². The number of rotatable bonds is 6. The molecule has 0 heterocycles. The molecule has 0 unspecified atom stereocenters. The van der Waals surface area contributed by atoms with E-state index in [-0.39, 0.29) is 5.97 Å². The van der Waals surface area contributed by atoms with E-state index >= 15 is 0 Å². The van der Waals surface area contributed by atoms with Gasteiger partial charge in [0.2, 0.25) is 0 Å². The number of carbonyl (C=O) groups is 1. The normalized spacial score (nSPS) is 13.5. The Morgan fingerprint density at radius 2 is 1.17 bits per heavy atom. The van der Waals surface area contributed by atoms with Gasteiger partial charge in [-0.25, -0.2) is 0 Å². The number of allylic oxidation sites excluding steroid dienone is 1. The third kappa shape index (κ3) is 4.58. The Bertz CT molecular complexity index is 910. The third-order valence-corrected chi connectivity index (χ3v) is 14.6. The van der Waals surface area contributed by atoms with Crippen LogP contribution in [-0.4, -0.2) is 17.7 Å². The second-order valence-corrected chi connectivity index (χ2v) is 17.3. The van der Waals surface area contributed by atoms with Crippen molar-refractivity contribution in [3.05, 3.63) is 103 Å². The standard InChI is InChI=1S/C26H28BrO2P/c1-26(2,3)29-25(28)20-13-21-30(27,22-14-7-4-8-15-22,23-16-9-5-10-17-23)24-18-11-6-12-19-24/h4-20H,21H2,1-3H3/b20-13+. The number of carbonyl (C=O) groups excluding carboxylic acids is 1. The van der Waals surface area contributed by atoms with Gasteiger partial charge < -0.3 is 0 Å². The van der Waals surface area contributed by atoms with Gasteiger partial charge in [-0.2, -0.15) is 0 Å². The van der Waals surface area contributed by atoms with E-state index in [1.807, 2.05) is 45.0 Å². The van der Waals surface area contributed by atoms with Crippen LogP contribution in [0.2, 0.25) is 0 Å². The topological polar surface area (TPSA) is 26.3 Å². The number of hydrogen-bond acceptors (Lipinski definition) is 2. The fraction of sp³-hybridized carbons (Fsp3) is 0.192. The first kappa shape index (κ1) is 22.5. The van der Waals surface area contributed by atoms with Gasteiger partial charge in [0.25, 0.3) is 0 Å². The Morgan fingerprint density at radius 3 is 1.50 bits per heavy atom. The Morgan fingerprint density at radius 1 is 0.800 bits per heavy atom. The molecule has 0 aromatic heterocycles. The molecule has 2 nitrogen and oxygen atoms in total. The summed E-state index contributed by atoms with van der Waals surface area (Å²) in [5.74, 6) is -0.325. The van der Waals surface area contributed by atoms with Gasteiger partial charge in [-0.15, -0.1) is 0 Å². The van der Waals surface area contributed by atoms with E-state index in [1.54, 1.807) is 6.08 Å². The zero-order chi connectivity index (χ0) is 21.7. The Hall–Kier alpha value is -2.22. The van der Waals surface area contributed by atoms with Gasteiger partial charge in [-0.05, 0) is 0 Å². The molecule has 0 radical (unpaired) electrons. The summed E-state index contributed by atoms with van der Waals surface area (Å²) in [6.45, 7) is 5.63. The van der Waals surface area contributed by atoms with Crippen molar-refractivity contribution in [3.63, 3.8) is 0 Å². The Labute approximate surface area is 187 Å². The molecule has 156 valence electrons. The molecule has 3 aromatic rings. The van der Waals surface area contributed by atoms with Gasteiger partial charge in [-0.1, -0.05) is 0 Å². The summed E-state index contributed by atoms with van der Waals surface area (Å²) in [6.07, 6.45) is 4.17. The first-order chi connectivity index (χ1) is 14.2. The predicted molar refractivity (Wildman–Crippen MR) is 134 cm³/mol. The molecule has 0 amide bonds. The third-order valence-electron chi connectivity index (χ3n) is 4.99. The first-order valence-corrected chi connectivity index (χ1v) is 14.5. The van der Waals surface area contributed by atoms with Crippen molar-refractivity contribution in [1.29, 1.82) is 0 Å². The summed E-state index contributed by atoms with van der Waals surface area (Å²) in [6, 6.07) is 31.6. The zero-order valence-corrected chi connectivity index (χ0v) is 20.1. The van der Waals surface area contributed by atoms with Crippen molar-refractivity contribution in [2.45, 2.75) is 26.4 Å². The molecule has 3 aromatic carbocycles. The SMILES string of the molecule is CC(C)(C)OC(=O)/C=C/CP(Br)(c1ccccc1)(c1ccccc1)c1ccccc1. The zero-order valence-electron chi connectivity index (χ0n) is 17.7. The van der Waals surface area contributed by atoms with Crippen molar-refractivity contribution in [2.75, 3.05) is 6.16 Å². The van der Waals surface area contributed by atoms with Crippen LogP contribution < -0.4 is 15.9 Å². The van der Waals surface area contributed by atoms with E-state index in [0.29, 0.717) is 6.16 Å². The summed E-state index contributed by atoms with van der Waals surface area (Å²) >= 11 is 4.36. The van der Waals surface area contributed by atoms with Crippen LogP contribution in [0.15, 0.2) is 103 Å². The first-order valence-electron chi connectivity index (χ1n) is 10.0. The van der Waals surface area contributed by atoms with E-state index in [4.69, 9.17) is 4.74 Å². The number of esters is 1. The molecule has 0 saturated heterocycles. The maximum absolute atomic E-state index is 12.3. The van der Waals surface area contributed by atoms with Crippen LogP contribution >= 0.6 is 20.8 Å². The van der Waals surface area contributed by atoms with E-state index in [1.165, 1.54) is 15.9 Å². The van der Waals surface area contributed by atoms with E-state index in [0.717, 1.165) is 0 Å². The van der Waals surface area contributed by atoms with Crippen LogP contribution in [0.1, 0.15) is 20.8 Å².